The molecule has 0 unspecified atom stereocenters. The minimum atomic E-state index is -0.733. The van der Waals surface area contributed by atoms with Crippen molar-refractivity contribution in [3.8, 4) is 22.8 Å². The van der Waals surface area contributed by atoms with Gasteiger partial charge in [0.25, 0.3) is 5.89 Å². The maximum Gasteiger partial charge on any atom is 0.264 e. The standard InChI is InChI=1S/C14H8F2N2O/c15-10-7-4-8-11(16)12(10)14-17-13(18-19-14)9-5-2-1-3-6-9/h1-8H. The zero-order valence-electron chi connectivity index (χ0n) is 9.68. The maximum absolute atomic E-state index is 13.6. The Morgan fingerprint density at radius 3 is 2.21 bits per heavy atom. The van der Waals surface area contributed by atoms with Crippen LogP contribution in [-0.4, -0.2) is 10.1 Å². The Hall–Kier alpha value is -2.56. The van der Waals surface area contributed by atoms with Gasteiger partial charge in [0, 0.05) is 5.56 Å². The van der Waals surface area contributed by atoms with E-state index in [2.05, 4.69) is 10.1 Å². The Labute approximate surface area is 107 Å². The molecule has 0 fully saturated rings. The van der Waals surface area contributed by atoms with E-state index in [0.717, 1.165) is 12.1 Å². The molecule has 0 saturated heterocycles. The van der Waals surface area contributed by atoms with Crippen molar-refractivity contribution in [3.63, 3.8) is 0 Å². The fraction of sp³-hybridized carbons (Fsp3) is 0. The van der Waals surface area contributed by atoms with Crippen LogP contribution in [0.25, 0.3) is 22.8 Å². The van der Waals surface area contributed by atoms with Crippen LogP contribution in [0, 0.1) is 11.6 Å². The molecule has 5 heteroatoms. The van der Waals surface area contributed by atoms with E-state index in [1.807, 2.05) is 18.2 Å². The second-order valence-corrected chi connectivity index (χ2v) is 3.89. The number of benzene rings is 2. The molecule has 0 aliphatic rings. The monoisotopic (exact) mass is 258 g/mol. The van der Waals surface area contributed by atoms with E-state index in [4.69, 9.17) is 4.52 Å². The number of hydrogen-bond donors (Lipinski definition) is 0. The average Bonchev–Trinajstić information content (AvgIpc) is 2.89. The summed E-state index contributed by atoms with van der Waals surface area (Å²) in [4.78, 5) is 4.01. The lowest BCUT2D eigenvalue weighted by molar-refractivity contribution is 0.426. The van der Waals surface area contributed by atoms with Gasteiger partial charge in [0.05, 0.1) is 0 Å². The molecule has 0 bridgehead atoms. The summed E-state index contributed by atoms with van der Waals surface area (Å²) in [5.41, 5.74) is 0.409. The summed E-state index contributed by atoms with van der Waals surface area (Å²) < 4.78 is 32.1. The first-order chi connectivity index (χ1) is 9.25. The van der Waals surface area contributed by atoms with Gasteiger partial charge in [0.2, 0.25) is 5.82 Å². The summed E-state index contributed by atoms with van der Waals surface area (Å²) in [6, 6.07) is 12.6. The number of halogens is 2. The molecule has 0 saturated carbocycles. The van der Waals surface area contributed by atoms with Crippen LogP contribution in [-0.2, 0) is 0 Å². The molecule has 0 amide bonds. The van der Waals surface area contributed by atoms with Gasteiger partial charge in [-0.05, 0) is 12.1 Å². The molecule has 3 nitrogen and oxygen atoms in total. The minimum Gasteiger partial charge on any atom is -0.333 e. The van der Waals surface area contributed by atoms with Gasteiger partial charge in [-0.2, -0.15) is 4.98 Å². The molecule has 0 N–H and O–H groups in total. The summed E-state index contributed by atoms with van der Waals surface area (Å²) in [5.74, 6) is -1.35. The van der Waals surface area contributed by atoms with Crippen LogP contribution < -0.4 is 0 Å². The molecular formula is C14H8F2N2O. The molecule has 2 aromatic carbocycles. The van der Waals surface area contributed by atoms with Crippen molar-refractivity contribution in [1.29, 1.82) is 0 Å². The van der Waals surface area contributed by atoms with Crippen molar-refractivity contribution in [1.82, 2.24) is 10.1 Å². The smallest absolute Gasteiger partial charge is 0.264 e. The quantitative estimate of drug-likeness (QED) is 0.703. The molecule has 19 heavy (non-hydrogen) atoms. The van der Waals surface area contributed by atoms with Gasteiger partial charge < -0.3 is 4.52 Å². The van der Waals surface area contributed by atoms with E-state index in [-0.39, 0.29) is 11.5 Å². The van der Waals surface area contributed by atoms with Crippen molar-refractivity contribution < 1.29 is 13.3 Å². The van der Waals surface area contributed by atoms with Crippen LogP contribution in [0.15, 0.2) is 53.1 Å². The van der Waals surface area contributed by atoms with E-state index >= 15 is 0 Å². The topological polar surface area (TPSA) is 38.9 Å². The lowest BCUT2D eigenvalue weighted by Crippen LogP contribution is -1.89. The third-order valence-electron chi connectivity index (χ3n) is 2.63. The van der Waals surface area contributed by atoms with Crippen molar-refractivity contribution in [2.75, 3.05) is 0 Å². The third kappa shape index (κ3) is 2.10. The van der Waals surface area contributed by atoms with Gasteiger partial charge in [-0.15, -0.1) is 0 Å². The van der Waals surface area contributed by atoms with Crippen molar-refractivity contribution in [2.24, 2.45) is 0 Å². The number of rotatable bonds is 2. The number of aromatic nitrogens is 2. The zero-order chi connectivity index (χ0) is 13.2. The Bertz CT molecular complexity index is 690. The Balaban J connectivity index is 2.07. The van der Waals surface area contributed by atoms with E-state index < -0.39 is 11.6 Å². The summed E-state index contributed by atoms with van der Waals surface area (Å²) in [6.45, 7) is 0. The highest BCUT2D eigenvalue weighted by molar-refractivity contribution is 5.60. The molecule has 3 rings (SSSR count). The minimum absolute atomic E-state index is 0.172. The molecule has 3 aromatic rings. The van der Waals surface area contributed by atoms with Gasteiger partial charge in [0.15, 0.2) is 0 Å². The van der Waals surface area contributed by atoms with Crippen LogP contribution in [0.3, 0.4) is 0 Å². The second kappa shape index (κ2) is 4.61. The largest absolute Gasteiger partial charge is 0.333 e. The molecule has 94 valence electrons. The number of hydrogen-bond acceptors (Lipinski definition) is 3. The summed E-state index contributed by atoms with van der Waals surface area (Å²) >= 11 is 0. The highest BCUT2D eigenvalue weighted by Gasteiger charge is 2.18. The molecule has 1 aromatic heterocycles. The molecular weight excluding hydrogens is 250 g/mol. The molecule has 0 aliphatic carbocycles. The first kappa shape index (κ1) is 11.5. The predicted octanol–water partition coefficient (Wildman–Crippen LogP) is 3.68. The normalized spacial score (nSPS) is 10.6. The fourth-order valence-electron chi connectivity index (χ4n) is 1.73. The predicted molar refractivity (Wildman–Crippen MR) is 65.1 cm³/mol. The summed E-state index contributed by atoms with van der Waals surface area (Å²) in [6.07, 6.45) is 0. The van der Waals surface area contributed by atoms with Gasteiger partial charge in [-0.1, -0.05) is 41.6 Å². The molecule has 0 radical (unpaired) electrons. The Morgan fingerprint density at radius 2 is 1.53 bits per heavy atom. The van der Waals surface area contributed by atoms with Gasteiger partial charge in [-0.3, -0.25) is 0 Å². The van der Waals surface area contributed by atoms with Crippen molar-refractivity contribution in [3.05, 3.63) is 60.2 Å². The van der Waals surface area contributed by atoms with Crippen molar-refractivity contribution >= 4 is 0 Å². The summed E-state index contributed by atoms with van der Waals surface area (Å²) in [5, 5.41) is 3.73. The van der Waals surface area contributed by atoms with E-state index in [1.54, 1.807) is 12.1 Å². The fourth-order valence-corrected chi connectivity index (χ4v) is 1.73. The highest BCUT2D eigenvalue weighted by Crippen LogP contribution is 2.26. The third-order valence-corrected chi connectivity index (χ3v) is 2.63. The highest BCUT2D eigenvalue weighted by atomic mass is 19.1. The molecule has 0 aliphatic heterocycles. The van der Waals surface area contributed by atoms with Crippen LogP contribution in [0.5, 0.6) is 0 Å². The molecule has 1 heterocycles. The molecule has 0 atom stereocenters. The maximum atomic E-state index is 13.6. The van der Waals surface area contributed by atoms with Gasteiger partial charge in [-0.25, -0.2) is 8.78 Å². The van der Waals surface area contributed by atoms with Crippen LogP contribution in [0.1, 0.15) is 0 Å². The van der Waals surface area contributed by atoms with E-state index in [9.17, 15) is 8.78 Å². The SMILES string of the molecule is Fc1cccc(F)c1-c1nc(-c2ccccc2)no1. The first-order valence-electron chi connectivity index (χ1n) is 5.59. The van der Waals surface area contributed by atoms with Gasteiger partial charge in [0.1, 0.15) is 17.2 Å². The van der Waals surface area contributed by atoms with E-state index in [0.29, 0.717) is 11.4 Å². The molecule has 0 spiro atoms. The first-order valence-corrected chi connectivity index (χ1v) is 5.59. The summed E-state index contributed by atoms with van der Waals surface area (Å²) in [7, 11) is 0. The van der Waals surface area contributed by atoms with Crippen LogP contribution >= 0.6 is 0 Å². The van der Waals surface area contributed by atoms with E-state index in [1.165, 1.54) is 6.07 Å². The zero-order valence-corrected chi connectivity index (χ0v) is 9.68. The lowest BCUT2D eigenvalue weighted by atomic mass is 10.2. The Morgan fingerprint density at radius 1 is 0.842 bits per heavy atom. The lowest BCUT2D eigenvalue weighted by Gasteiger charge is -1.97. The van der Waals surface area contributed by atoms with Gasteiger partial charge >= 0.3 is 0 Å². The van der Waals surface area contributed by atoms with Crippen LogP contribution in [0.4, 0.5) is 8.78 Å². The number of nitrogens with zero attached hydrogens (tertiary/aromatic N) is 2. The average molecular weight is 258 g/mol. The van der Waals surface area contributed by atoms with Crippen molar-refractivity contribution in [2.45, 2.75) is 0 Å². The Kier molecular flexibility index (Phi) is 2.79. The second-order valence-electron chi connectivity index (χ2n) is 3.89. The van der Waals surface area contributed by atoms with Crippen LogP contribution in [0.2, 0.25) is 0 Å².